The Morgan fingerprint density at radius 3 is 2.00 bits per heavy atom. The lowest BCUT2D eigenvalue weighted by Gasteiger charge is -2.33. The standard InChI is InChI=1S/C25H44N2O5/c1-2-3-4-5-6-7-8-9-10-11-12-13-14-15-16-19-23(28)27(21-24(29)30)26-20-17-18-22(26)25(31)32/h9-10,22H,2-8,11-21H2,1H3,(H,29,30)(H,31,32)/b10-9-/t22-/m0/s1. The van der Waals surface area contributed by atoms with Crippen LogP contribution in [-0.2, 0) is 14.4 Å². The van der Waals surface area contributed by atoms with Gasteiger partial charge in [-0.25, -0.2) is 5.01 Å². The molecule has 1 rings (SSSR count). The number of unbranched alkanes of at least 4 members (excludes halogenated alkanes) is 11. The number of nitrogens with zero attached hydrogens (tertiary/aromatic N) is 2. The topological polar surface area (TPSA) is 98.2 Å². The van der Waals surface area contributed by atoms with Crippen molar-refractivity contribution in [2.75, 3.05) is 13.1 Å². The van der Waals surface area contributed by atoms with Crippen LogP contribution in [-0.4, -0.2) is 57.2 Å². The van der Waals surface area contributed by atoms with E-state index in [9.17, 15) is 19.5 Å². The molecule has 0 unspecified atom stereocenters. The third-order valence-electron chi connectivity index (χ3n) is 6.05. The molecule has 184 valence electrons. The molecule has 1 fully saturated rings. The Kier molecular flexibility index (Phi) is 15.5. The molecule has 7 nitrogen and oxygen atoms in total. The van der Waals surface area contributed by atoms with Crippen LogP contribution < -0.4 is 0 Å². The third kappa shape index (κ3) is 12.2. The minimum atomic E-state index is -1.13. The Morgan fingerprint density at radius 2 is 1.44 bits per heavy atom. The molecule has 0 bridgehead atoms. The van der Waals surface area contributed by atoms with E-state index in [0.717, 1.165) is 37.1 Å². The van der Waals surface area contributed by atoms with Crippen molar-refractivity contribution in [1.82, 2.24) is 10.0 Å². The van der Waals surface area contributed by atoms with Gasteiger partial charge in [0.1, 0.15) is 12.6 Å². The summed E-state index contributed by atoms with van der Waals surface area (Å²) < 4.78 is 0. The maximum Gasteiger partial charge on any atom is 0.324 e. The fraction of sp³-hybridized carbons (Fsp3) is 0.800. The van der Waals surface area contributed by atoms with Crippen molar-refractivity contribution < 1.29 is 24.6 Å². The molecule has 0 radical (unpaired) electrons. The summed E-state index contributed by atoms with van der Waals surface area (Å²) in [7, 11) is 0. The molecular weight excluding hydrogens is 408 g/mol. The van der Waals surface area contributed by atoms with Crippen LogP contribution in [0.3, 0.4) is 0 Å². The van der Waals surface area contributed by atoms with E-state index in [1.54, 1.807) is 0 Å². The molecule has 1 heterocycles. The minimum Gasteiger partial charge on any atom is -0.480 e. The lowest BCUT2D eigenvalue weighted by Crippen LogP contribution is -2.53. The van der Waals surface area contributed by atoms with E-state index in [-0.39, 0.29) is 12.3 Å². The number of hydrogen-bond acceptors (Lipinski definition) is 4. The van der Waals surface area contributed by atoms with Crippen molar-refractivity contribution in [3.05, 3.63) is 12.2 Å². The predicted octanol–water partition coefficient (Wildman–Crippen LogP) is 5.40. The molecule has 1 amide bonds. The van der Waals surface area contributed by atoms with Crippen molar-refractivity contribution in [2.24, 2.45) is 0 Å². The van der Waals surface area contributed by atoms with Gasteiger partial charge in [0.2, 0.25) is 5.91 Å². The van der Waals surface area contributed by atoms with Crippen LogP contribution in [0, 0.1) is 0 Å². The number of carboxylic acid groups (broad SMARTS) is 2. The highest BCUT2D eigenvalue weighted by Gasteiger charge is 2.37. The van der Waals surface area contributed by atoms with Crippen LogP contribution in [0.25, 0.3) is 0 Å². The van der Waals surface area contributed by atoms with Gasteiger partial charge in [0.25, 0.3) is 0 Å². The summed E-state index contributed by atoms with van der Waals surface area (Å²) in [5, 5.41) is 21.1. The number of allylic oxidation sites excluding steroid dienone is 2. The number of carboxylic acids is 2. The molecule has 0 aromatic heterocycles. The van der Waals surface area contributed by atoms with Gasteiger partial charge in [-0.1, -0.05) is 70.4 Å². The zero-order valence-electron chi connectivity index (χ0n) is 20.0. The first-order valence-electron chi connectivity index (χ1n) is 12.6. The summed E-state index contributed by atoms with van der Waals surface area (Å²) in [5.74, 6) is -2.43. The summed E-state index contributed by atoms with van der Waals surface area (Å²) in [6.07, 6.45) is 21.2. The summed E-state index contributed by atoms with van der Waals surface area (Å²) in [5.41, 5.74) is 0. The van der Waals surface area contributed by atoms with Gasteiger partial charge in [0.15, 0.2) is 0 Å². The molecule has 0 aromatic carbocycles. The first-order chi connectivity index (χ1) is 15.5. The minimum absolute atomic E-state index is 0.258. The van der Waals surface area contributed by atoms with Gasteiger partial charge >= 0.3 is 11.9 Å². The normalized spacial score (nSPS) is 16.6. The second-order valence-electron chi connectivity index (χ2n) is 8.84. The molecule has 1 saturated heterocycles. The fourth-order valence-corrected chi connectivity index (χ4v) is 4.22. The Morgan fingerprint density at radius 1 is 0.875 bits per heavy atom. The smallest absolute Gasteiger partial charge is 0.324 e. The number of carbonyl (C=O) groups is 3. The number of amides is 1. The second kappa shape index (κ2) is 17.6. The molecule has 2 N–H and O–H groups in total. The summed E-state index contributed by atoms with van der Waals surface area (Å²) >= 11 is 0. The fourth-order valence-electron chi connectivity index (χ4n) is 4.22. The largest absolute Gasteiger partial charge is 0.480 e. The molecule has 32 heavy (non-hydrogen) atoms. The predicted molar refractivity (Wildman–Crippen MR) is 126 cm³/mol. The van der Waals surface area contributed by atoms with Crippen molar-refractivity contribution >= 4 is 17.8 Å². The summed E-state index contributed by atoms with van der Waals surface area (Å²) in [6.45, 7) is 2.17. The lowest BCUT2D eigenvalue weighted by molar-refractivity contribution is -0.167. The van der Waals surface area contributed by atoms with Crippen molar-refractivity contribution in [3.63, 3.8) is 0 Å². The van der Waals surface area contributed by atoms with E-state index in [0.29, 0.717) is 25.8 Å². The van der Waals surface area contributed by atoms with Crippen LogP contribution >= 0.6 is 0 Å². The van der Waals surface area contributed by atoms with E-state index >= 15 is 0 Å². The second-order valence-corrected chi connectivity index (χ2v) is 8.84. The highest BCUT2D eigenvalue weighted by molar-refractivity contribution is 5.82. The molecule has 7 heteroatoms. The first-order valence-corrected chi connectivity index (χ1v) is 12.6. The van der Waals surface area contributed by atoms with Gasteiger partial charge in [-0.3, -0.25) is 19.4 Å². The number of aliphatic carboxylic acids is 2. The Hall–Kier alpha value is -1.89. The van der Waals surface area contributed by atoms with Gasteiger partial charge in [0, 0.05) is 13.0 Å². The van der Waals surface area contributed by atoms with Gasteiger partial charge in [0.05, 0.1) is 0 Å². The SMILES string of the molecule is CCCCCCCC/C=C\CCCCCCCC(=O)N(CC(=O)O)N1CCC[C@H]1C(=O)O. The molecule has 0 spiro atoms. The highest BCUT2D eigenvalue weighted by atomic mass is 16.4. The van der Waals surface area contributed by atoms with Crippen LogP contribution in [0.1, 0.15) is 110 Å². The number of hydrazine groups is 1. The zero-order chi connectivity index (χ0) is 23.6. The van der Waals surface area contributed by atoms with Crippen LogP contribution in [0.4, 0.5) is 0 Å². The molecular formula is C25H44N2O5. The highest BCUT2D eigenvalue weighted by Crippen LogP contribution is 2.21. The molecule has 0 aromatic rings. The molecule has 0 aliphatic carbocycles. The molecule has 1 atom stereocenters. The van der Waals surface area contributed by atoms with Crippen molar-refractivity contribution in [3.8, 4) is 0 Å². The number of rotatable bonds is 19. The summed E-state index contributed by atoms with van der Waals surface area (Å²) in [4.78, 5) is 35.2. The zero-order valence-corrected chi connectivity index (χ0v) is 20.0. The van der Waals surface area contributed by atoms with Gasteiger partial charge in [-0.2, -0.15) is 0 Å². The Bertz CT molecular complexity index is 579. The maximum atomic E-state index is 12.6. The Labute approximate surface area is 193 Å². The molecule has 1 aliphatic heterocycles. The van der Waals surface area contributed by atoms with Crippen molar-refractivity contribution in [2.45, 2.75) is 116 Å². The third-order valence-corrected chi connectivity index (χ3v) is 6.05. The number of carbonyl (C=O) groups excluding carboxylic acids is 1. The van der Waals surface area contributed by atoms with Crippen LogP contribution in [0.15, 0.2) is 12.2 Å². The maximum absolute atomic E-state index is 12.6. The van der Waals surface area contributed by atoms with E-state index in [4.69, 9.17) is 5.11 Å². The van der Waals surface area contributed by atoms with Crippen molar-refractivity contribution in [1.29, 1.82) is 0 Å². The van der Waals surface area contributed by atoms with Gasteiger partial charge in [-0.05, 0) is 44.9 Å². The number of hydrogen-bond donors (Lipinski definition) is 2. The van der Waals surface area contributed by atoms with E-state index in [1.165, 1.54) is 50.0 Å². The Balaban J connectivity index is 2.14. The van der Waals surface area contributed by atoms with E-state index < -0.39 is 24.5 Å². The quantitative estimate of drug-likeness (QED) is 0.201. The lowest BCUT2D eigenvalue weighted by atomic mass is 10.1. The van der Waals surface area contributed by atoms with Gasteiger partial charge in [-0.15, -0.1) is 0 Å². The van der Waals surface area contributed by atoms with E-state index in [2.05, 4.69) is 19.1 Å². The molecule has 1 aliphatic rings. The van der Waals surface area contributed by atoms with Crippen LogP contribution in [0.5, 0.6) is 0 Å². The van der Waals surface area contributed by atoms with Crippen LogP contribution in [0.2, 0.25) is 0 Å². The average molecular weight is 453 g/mol. The molecule has 0 saturated carbocycles. The summed E-state index contributed by atoms with van der Waals surface area (Å²) in [6, 6.07) is -0.813. The average Bonchev–Trinajstić information content (AvgIpc) is 3.24. The van der Waals surface area contributed by atoms with E-state index in [1.807, 2.05) is 0 Å². The monoisotopic (exact) mass is 452 g/mol. The van der Waals surface area contributed by atoms with Gasteiger partial charge < -0.3 is 10.2 Å². The first kappa shape index (κ1) is 28.1.